The van der Waals surface area contributed by atoms with Gasteiger partial charge in [0.2, 0.25) is 14.9 Å². The summed E-state index contributed by atoms with van der Waals surface area (Å²) < 4.78 is 26.7. The van der Waals surface area contributed by atoms with Crippen LogP contribution in [0.15, 0.2) is 10.3 Å². The molecule has 0 saturated heterocycles. The van der Waals surface area contributed by atoms with Crippen LogP contribution in [0.4, 0.5) is 5.00 Å². The van der Waals surface area contributed by atoms with Gasteiger partial charge >= 0.3 is 11.0 Å². The highest BCUT2D eigenvalue weighted by Crippen LogP contribution is 2.38. The number of nitro groups is 1. The third-order valence-corrected chi connectivity index (χ3v) is 3.40. The van der Waals surface area contributed by atoms with Crippen molar-refractivity contribution in [2.75, 3.05) is 0 Å². The predicted molar refractivity (Wildman–Crippen MR) is 53.7 cm³/mol. The summed E-state index contributed by atoms with van der Waals surface area (Å²) in [5, 5.41) is 15.7. The number of carbonyl (C=O) groups excluding carboxylic acids is 1. The minimum absolute atomic E-state index is 0.424. The van der Waals surface area contributed by atoms with Gasteiger partial charge < -0.3 is 4.74 Å². The van der Waals surface area contributed by atoms with E-state index in [0.29, 0.717) is 11.3 Å². The molecule has 0 aromatic carbocycles. The summed E-state index contributed by atoms with van der Waals surface area (Å²) in [6.07, 6.45) is 0. The van der Waals surface area contributed by atoms with Gasteiger partial charge in [-0.15, -0.1) is 0 Å². The van der Waals surface area contributed by atoms with Crippen molar-refractivity contribution in [1.29, 1.82) is 0 Å². The zero-order valence-corrected chi connectivity index (χ0v) is 9.50. The van der Waals surface area contributed by atoms with E-state index in [2.05, 4.69) is 4.74 Å². The molecule has 0 aliphatic heterocycles. The molecule has 0 aliphatic carbocycles. The summed E-state index contributed by atoms with van der Waals surface area (Å²) in [7, 11) is -4.32. The van der Waals surface area contributed by atoms with Crippen LogP contribution in [0.3, 0.4) is 0 Å². The van der Waals surface area contributed by atoms with Crippen LogP contribution in [-0.4, -0.2) is 19.3 Å². The van der Waals surface area contributed by atoms with Gasteiger partial charge in [-0.1, -0.05) is 11.3 Å². The summed E-state index contributed by atoms with van der Waals surface area (Å²) in [5.41, 5.74) is 0. The quantitative estimate of drug-likeness (QED) is 0.473. The Bertz CT molecular complexity index is 545. The first-order chi connectivity index (χ1) is 7.23. The molecule has 0 aliphatic rings. The Hall–Kier alpha value is -1.52. The Morgan fingerprint density at radius 1 is 1.62 bits per heavy atom. The minimum Gasteiger partial charge on any atom is -0.424 e. The van der Waals surface area contributed by atoms with E-state index in [1.54, 1.807) is 0 Å². The van der Waals surface area contributed by atoms with Crippen molar-refractivity contribution in [1.82, 2.24) is 0 Å². The number of primary sulfonamides is 1. The van der Waals surface area contributed by atoms with Crippen LogP contribution in [0, 0.1) is 10.1 Å². The molecule has 1 aromatic heterocycles. The molecule has 16 heavy (non-hydrogen) atoms. The van der Waals surface area contributed by atoms with E-state index >= 15 is 0 Å². The van der Waals surface area contributed by atoms with Crippen molar-refractivity contribution in [2.45, 2.75) is 11.8 Å². The highest BCUT2D eigenvalue weighted by molar-refractivity contribution is 7.89. The lowest BCUT2D eigenvalue weighted by atomic mass is 10.5. The van der Waals surface area contributed by atoms with Crippen LogP contribution >= 0.6 is 11.3 Å². The molecule has 1 aromatic rings. The van der Waals surface area contributed by atoms with Crippen molar-refractivity contribution in [3.05, 3.63) is 15.5 Å². The van der Waals surface area contributed by atoms with Gasteiger partial charge in [0.15, 0.2) is 5.75 Å². The zero-order valence-electron chi connectivity index (χ0n) is 7.87. The second-order valence-electron chi connectivity index (χ2n) is 2.63. The molecule has 0 fully saturated rings. The number of thiophene rings is 1. The lowest BCUT2D eigenvalue weighted by Crippen LogP contribution is -2.15. The Morgan fingerprint density at radius 3 is 2.56 bits per heavy atom. The molecule has 0 unspecified atom stereocenters. The monoisotopic (exact) mass is 266 g/mol. The van der Waals surface area contributed by atoms with Gasteiger partial charge in [0.05, 0.1) is 4.92 Å². The van der Waals surface area contributed by atoms with Crippen LogP contribution in [-0.2, 0) is 14.8 Å². The normalized spacial score (nSPS) is 11.1. The van der Waals surface area contributed by atoms with E-state index in [4.69, 9.17) is 5.14 Å². The van der Waals surface area contributed by atoms with Crippen LogP contribution in [0.5, 0.6) is 5.75 Å². The van der Waals surface area contributed by atoms with Gasteiger partial charge in [-0.3, -0.25) is 14.9 Å². The fourth-order valence-electron chi connectivity index (χ4n) is 0.935. The van der Waals surface area contributed by atoms with Crippen LogP contribution in [0.2, 0.25) is 0 Å². The first-order valence-electron chi connectivity index (χ1n) is 3.70. The standard InChI is InChI=1S/C6H6N2O6S2/c1-3(9)14-4-2-15-6(8(10)11)5(4)16(7,12)13/h2H,1H3,(H2,7,12,13). The maximum atomic E-state index is 11.1. The zero-order chi connectivity index (χ0) is 12.5. The highest BCUT2D eigenvalue weighted by atomic mass is 32.2. The largest absolute Gasteiger partial charge is 0.424 e. The minimum atomic E-state index is -4.32. The molecule has 88 valence electrons. The molecule has 0 spiro atoms. The van der Waals surface area contributed by atoms with E-state index < -0.39 is 36.6 Å². The molecule has 0 atom stereocenters. The third kappa shape index (κ3) is 2.53. The summed E-state index contributed by atoms with van der Waals surface area (Å²) in [6.45, 7) is 1.04. The number of esters is 1. The number of ether oxygens (including phenoxy) is 1. The molecule has 0 bridgehead atoms. The second-order valence-corrected chi connectivity index (χ2v) is 4.99. The van der Waals surface area contributed by atoms with Gasteiger partial charge in [-0.25, -0.2) is 13.6 Å². The molecule has 0 radical (unpaired) electrons. The van der Waals surface area contributed by atoms with Crippen LogP contribution < -0.4 is 9.88 Å². The molecule has 0 amide bonds. The van der Waals surface area contributed by atoms with E-state index in [-0.39, 0.29) is 0 Å². The summed E-state index contributed by atoms with van der Waals surface area (Å²) >= 11 is 0.518. The molecule has 1 heterocycles. The maximum Gasteiger partial charge on any atom is 0.348 e. The Kier molecular flexibility index (Phi) is 3.26. The first kappa shape index (κ1) is 12.5. The van der Waals surface area contributed by atoms with Crippen LogP contribution in [0.1, 0.15) is 6.92 Å². The van der Waals surface area contributed by atoms with Crippen molar-refractivity contribution in [3.8, 4) is 5.75 Å². The Balaban J connectivity index is 3.43. The number of carbonyl (C=O) groups is 1. The van der Waals surface area contributed by atoms with Crippen molar-refractivity contribution in [3.63, 3.8) is 0 Å². The molecular weight excluding hydrogens is 260 g/mol. The molecule has 10 heteroatoms. The molecular formula is C6H6N2O6S2. The van der Waals surface area contributed by atoms with E-state index in [1.165, 1.54) is 0 Å². The fourth-order valence-corrected chi connectivity index (χ4v) is 2.88. The van der Waals surface area contributed by atoms with Crippen molar-refractivity contribution in [2.24, 2.45) is 5.14 Å². The highest BCUT2D eigenvalue weighted by Gasteiger charge is 2.31. The maximum absolute atomic E-state index is 11.1. The van der Waals surface area contributed by atoms with E-state index in [0.717, 1.165) is 12.3 Å². The summed E-state index contributed by atoms with van der Waals surface area (Å²) in [6, 6.07) is 0. The van der Waals surface area contributed by atoms with E-state index in [9.17, 15) is 23.3 Å². The molecule has 2 N–H and O–H groups in total. The number of hydrogen-bond donors (Lipinski definition) is 1. The Labute approximate surface area is 93.8 Å². The van der Waals surface area contributed by atoms with Gasteiger partial charge in [0.1, 0.15) is 0 Å². The summed E-state index contributed by atoms with van der Waals surface area (Å²) in [5.74, 6) is -1.22. The fraction of sp³-hybridized carbons (Fsp3) is 0.167. The van der Waals surface area contributed by atoms with Crippen LogP contribution in [0.25, 0.3) is 0 Å². The SMILES string of the molecule is CC(=O)Oc1csc([N+](=O)[O-])c1S(N)(=O)=O. The lowest BCUT2D eigenvalue weighted by molar-refractivity contribution is -0.383. The van der Waals surface area contributed by atoms with Gasteiger partial charge in [0.25, 0.3) is 0 Å². The molecule has 8 nitrogen and oxygen atoms in total. The first-order valence-corrected chi connectivity index (χ1v) is 6.13. The van der Waals surface area contributed by atoms with Gasteiger partial charge in [0, 0.05) is 12.3 Å². The van der Waals surface area contributed by atoms with Gasteiger partial charge in [-0.2, -0.15) is 0 Å². The lowest BCUT2D eigenvalue weighted by Gasteiger charge is -2.00. The Morgan fingerprint density at radius 2 is 2.19 bits per heavy atom. The number of nitrogens with zero attached hydrogens (tertiary/aromatic N) is 1. The van der Waals surface area contributed by atoms with Crippen molar-refractivity contribution >= 4 is 32.3 Å². The smallest absolute Gasteiger partial charge is 0.348 e. The number of nitrogens with two attached hydrogens (primary N) is 1. The predicted octanol–water partition coefficient (Wildman–Crippen LogP) is 0.229. The number of rotatable bonds is 3. The summed E-state index contributed by atoms with van der Waals surface area (Å²) in [4.78, 5) is 19.5. The average Bonchev–Trinajstić information content (AvgIpc) is 2.45. The van der Waals surface area contributed by atoms with E-state index in [1.807, 2.05) is 0 Å². The van der Waals surface area contributed by atoms with Gasteiger partial charge in [-0.05, 0) is 0 Å². The third-order valence-electron chi connectivity index (χ3n) is 1.40. The van der Waals surface area contributed by atoms with Crippen molar-refractivity contribution < 1.29 is 22.9 Å². The second kappa shape index (κ2) is 4.15. The molecule has 0 saturated carbocycles. The number of hydrogen-bond acceptors (Lipinski definition) is 7. The average molecular weight is 266 g/mol. The number of sulfonamides is 1. The molecule has 1 rings (SSSR count). The topological polar surface area (TPSA) is 130 Å².